The number of hydrogen-bond acceptors (Lipinski definition) is 3. The van der Waals surface area contributed by atoms with Gasteiger partial charge in [0.2, 0.25) is 5.91 Å². The Morgan fingerprint density at radius 2 is 2.11 bits per heavy atom. The first-order valence-electron chi connectivity index (χ1n) is 5.53. The molecule has 108 valence electrons. The summed E-state index contributed by atoms with van der Waals surface area (Å²) in [5.74, 6) is -0.378. The molecule has 1 unspecified atom stereocenters. The Hall–Kier alpha value is -1.40. The van der Waals surface area contributed by atoms with Crippen molar-refractivity contribution >= 4 is 24.0 Å². The second-order valence-electron chi connectivity index (χ2n) is 3.85. The van der Waals surface area contributed by atoms with Crippen LogP contribution in [0, 0.1) is 5.92 Å². The summed E-state index contributed by atoms with van der Waals surface area (Å²) in [6.07, 6.45) is 0. The number of ether oxygens (including phenoxy) is 1. The van der Waals surface area contributed by atoms with Gasteiger partial charge in [-0.2, -0.15) is 8.78 Å². The normalized spacial score (nSPS) is 11.6. The molecule has 0 saturated carbocycles. The van der Waals surface area contributed by atoms with Crippen LogP contribution in [0.2, 0.25) is 0 Å². The Morgan fingerprint density at radius 1 is 1.42 bits per heavy atom. The third kappa shape index (κ3) is 6.35. The van der Waals surface area contributed by atoms with Crippen LogP contribution in [-0.4, -0.2) is 26.1 Å². The lowest BCUT2D eigenvalue weighted by Crippen LogP contribution is -2.28. The van der Waals surface area contributed by atoms with E-state index in [1.165, 1.54) is 18.2 Å². The van der Waals surface area contributed by atoms with Crippen molar-refractivity contribution in [1.29, 1.82) is 0 Å². The van der Waals surface area contributed by atoms with E-state index in [-0.39, 0.29) is 30.0 Å². The molecule has 1 aromatic rings. The highest BCUT2D eigenvalue weighted by Crippen LogP contribution is 2.19. The Kier molecular flexibility index (Phi) is 8.02. The summed E-state index contributed by atoms with van der Waals surface area (Å²) in [6.45, 7) is -0.566. The first kappa shape index (κ1) is 17.6. The fourth-order valence-electron chi connectivity index (χ4n) is 1.41. The Balaban J connectivity index is 0.00000324. The summed E-state index contributed by atoms with van der Waals surface area (Å²) < 4.78 is 28.3. The highest BCUT2D eigenvalue weighted by atomic mass is 35.5. The summed E-state index contributed by atoms with van der Waals surface area (Å²) in [6, 6.07) is 5.91. The van der Waals surface area contributed by atoms with Gasteiger partial charge in [-0.3, -0.25) is 4.79 Å². The molecule has 0 saturated heterocycles. The summed E-state index contributed by atoms with van der Waals surface area (Å²) >= 11 is 0. The maximum absolute atomic E-state index is 12.0. The maximum atomic E-state index is 12.0. The molecule has 0 aromatic heterocycles. The Labute approximate surface area is 116 Å². The van der Waals surface area contributed by atoms with Gasteiger partial charge in [-0.25, -0.2) is 0 Å². The van der Waals surface area contributed by atoms with Crippen LogP contribution in [0.25, 0.3) is 0 Å². The number of nitrogens with one attached hydrogen (secondary N) is 2. The van der Waals surface area contributed by atoms with Crippen molar-refractivity contribution in [1.82, 2.24) is 5.32 Å². The van der Waals surface area contributed by atoms with Gasteiger partial charge in [-0.15, -0.1) is 12.4 Å². The minimum absolute atomic E-state index is 0. The maximum Gasteiger partial charge on any atom is 0.387 e. The third-order valence-electron chi connectivity index (χ3n) is 2.28. The lowest BCUT2D eigenvalue weighted by atomic mass is 10.1. The molecule has 0 aliphatic heterocycles. The van der Waals surface area contributed by atoms with E-state index in [9.17, 15) is 13.6 Å². The molecular formula is C12H17ClF2N2O2. The molecule has 7 heteroatoms. The van der Waals surface area contributed by atoms with Gasteiger partial charge < -0.3 is 15.4 Å². The summed E-state index contributed by atoms with van der Waals surface area (Å²) in [5, 5.41) is 5.52. The average molecular weight is 295 g/mol. The number of benzene rings is 1. The Bertz CT molecular complexity index is 405. The average Bonchev–Trinajstić information content (AvgIpc) is 2.28. The lowest BCUT2D eigenvalue weighted by Gasteiger charge is -2.12. The van der Waals surface area contributed by atoms with Crippen molar-refractivity contribution in [2.24, 2.45) is 5.92 Å². The van der Waals surface area contributed by atoms with Crippen LogP contribution in [0.4, 0.5) is 14.5 Å². The smallest absolute Gasteiger partial charge is 0.387 e. The van der Waals surface area contributed by atoms with Crippen molar-refractivity contribution in [3.8, 4) is 5.75 Å². The van der Waals surface area contributed by atoms with Crippen LogP contribution < -0.4 is 15.4 Å². The number of carbonyl (C=O) groups excluding carboxylic acids is 1. The number of alkyl halides is 2. The molecule has 0 aliphatic carbocycles. The highest BCUT2D eigenvalue weighted by Gasteiger charge is 2.12. The van der Waals surface area contributed by atoms with Gasteiger partial charge in [0.05, 0.1) is 0 Å². The standard InChI is InChI=1S/C12H16F2N2O2.ClH/c1-8(7-15-2)11(17)16-9-4-3-5-10(6-9)18-12(13)14;/h3-6,8,12,15H,7H2,1-2H3,(H,16,17);1H. The number of hydrogen-bond donors (Lipinski definition) is 2. The molecule has 0 spiro atoms. The molecule has 1 atom stereocenters. The molecule has 0 aliphatic rings. The monoisotopic (exact) mass is 294 g/mol. The molecule has 1 amide bonds. The number of amides is 1. The van der Waals surface area contributed by atoms with Gasteiger partial charge >= 0.3 is 6.61 Å². The quantitative estimate of drug-likeness (QED) is 0.847. The molecule has 0 radical (unpaired) electrons. The van der Waals surface area contributed by atoms with E-state index in [1.807, 2.05) is 0 Å². The first-order chi connectivity index (χ1) is 8.52. The molecule has 0 fully saturated rings. The molecule has 0 bridgehead atoms. The van der Waals surface area contributed by atoms with E-state index in [2.05, 4.69) is 15.4 Å². The zero-order chi connectivity index (χ0) is 13.5. The van der Waals surface area contributed by atoms with E-state index < -0.39 is 6.61 Å². The van der Waals surface area contributed by atoms with Crippen molar-refractivity contribution in [2.75, 3.05) is 18.9 Å². The molecule has 19 heavy (non-hydrogen) atoms. The predicted octanol–water partition coefficient (Wildman–Crippen LogP) is 2.50. The van der Waals surface area contributed by atoms with Gasteiger partial charge in [0.1, 0.15) is 5.75 Å². The van der Waals surface area contributed by atoms with E-state index in [0.29, 0.717) is 12.2 Å². The fourth-order valence-corrected chi connectivity index (χ4v) is 1.41. The predicted molar refractivity (Wildman–Crippen MR) is 72.0 cm³/mol. The number of carbonyl (C=O) groups is 1. The van der Waals surface area contributed by atoms with Crippen LogP contribution in [0.3, 0.4) is 0 Å². The van der Waals surface area contributed by atoms with Crippen LogP contribution in [0.5, 0.6) is 5.75 Å². The van der Waals surface area contributed by atoms with Crippen molar-refractivity contribution in [3.63, 3.8) is 0 Å². The van der Waals surface area contributed by atoms with Crippen LogP contribution in [0.1, 0.15) is 6.92 Å². The molecular weight excluding hydrogens is 278 g/mol. The lowest BCUT2D eigenvalue weighted by molar-refractivity contribution is -0.119. The van der Waals surface area contributed by atoms with Crippen LogP contribution in [0.15, 0.2) is 24.3 Å². The number of halogens is 3. The summed E-state index contributed by atoms with van der Waals surface area (Å²) in [4.78, 5) is 11.7. The van der Waals surface area contributed by atoms with Gasteiger partial charge in [0, 0.05) is 24.2 Å². The largest absolute Gasteiger partial charge is 0.435 e. The molecule has 1 aromatic carbocycles. The zero-order valence-corrected chi connectivity index (χ0v) is 11.5. The SMILES string of the molecule is CNCC(C)C(=O)Nc1cccc(OC(F)F)c1.Cl. The van der Waals surface area contributed by atoms with Gasteiger partial charge in [-0.05, 0) is 19.2 Å². The Morgan fingerprint density at radius 3 is 2.68 bits per heavy atom. The van der Waals surface area contributed by atoms with Gasteiger partial charge in [-0.1, -0.05) is 13.0 Å². The molecule has 1 rings (SSSR count). The topological polar surface area (TPSA) is 50.4 Å². The van der Waals surface area contributed by atoms with Crippen LogP contribution >= 0.6 is 12.4 Å². The number of anilines is 1. The van der Waals surface area contributed by atoms with E-state index >= 15 is 0 Å². The molecule has 0 heterocycles. The van der Waals surface area contributed by atoms with E-state index in [0.717, 1.165) is 0 Å². The minimum atomic E-state index is -2.88. The van der Waals surface area contributed by atoms with Gasteiger partial charge in [0.25, 0.3) is 0 Å². The number of rotatable bonds is 6. The second kappa shape index (κ2) is 8.66. The van der Waals surface area contributed by atoms with Crippen LogP contribution in [-0.2, 0) is 4.79 Å². The molecule has 4 nitrogen and oxygen atoms in total. The van der Waals surface area contributed by atoms with E-state index in [1.54, 1.807) is 20.0 Å². The highest BCUT2D eigenvalue weighted by molar-refractivity contribution is 5.92. The summed E-state index contributed by atoms with van der Waals surface area (Å²) in [5.41, 5.74) is 0.432. The third-order valence-corrected chi connectivity index (χ3v) is 2.28. The minimum Gasteiger partial charge on any atom is -0.435 e. The van der Waals surface area contributed by atoms with Crippen molar-refractivity contribution in [3.05, 3.63) is 24.3 Å². The van der Waals surface area contributed by atoms with E-state index in [4.69, 9.17) is 0 Å². The van der Waals surface area contributed by atoms with Gasteiger partial charge in [0.15, 0.2) is 0 Å². The zero-order valence-electron chi connectivity index (χ0n) is 10.7. The second-order valence-corrected chi connectivity index (χ2v) is 3.85. The first-order valence-corrected chi connectivity index (χ1v) is 5.53. The fraction of sp³-hybridized carbons (Fsp3) is 0.417. The summed E-state index contributed by atoms with van der Waals surface area (Å²) in [7, 11) is 1.75. The molecule has 2 N–H and O–H groups in total. The van der Waals surface area contributed by atoms with Crippen molar-refractivity contribution < 1.29 is 18.3 Å². The van der Waals surface area contributed by atoms with Crippen molar-refractivity contribution in [2.45, 2.75) is 13.5 Å².